The number of benzene rings is 1. The zero-order chi connectivity index (χ0) is 16.2. The molecule has 0 radical (unpaired) electrons. The minimum atomic E-state index is 0.454. The van der Waals surface area contributed by atoms with Crippen molar-refractivity contribution < 1.29 is 0 Å². The van der Waals surface area contributed by atoms with Gasteiger partial charge in [-0.15, -0.1) is 0 Å². The molecule has 1 atom stereocenters. The van der Waals surface area contributed by atoms with E-state index in [4.69, 9.17) is 0 Å². The molecule has 2 heterocycles. The Morgan fingerprint density at radius 1 is 1.26 bits per heavy atom. The number of aromatic nitrogens is 3. The highest BCUT2D eigenvalue weighted by Gasteiger charge is 2.24. The Morgan fingerprint density at radius 2 is 2.09 bits per heavy atom. The van der Waals surface area contributed by atoms with Crippen LogP contribution in [0.4, 0.5) is 0 Å². The van der Waals surface area contributed by atoms with Crippen molar-refractivity contribution in [1.82, 2.24) is 19.7 Å². The molecular formula is C18H23N5. The molecule has 0 N–H and O–H groups in total. The zero-order valence-corrected chi connectivity index (χ0v) is 13.9. The van der Waals surface area contributed by atoms with Gasteiger partial charge in [0.25, 0.3) is 0 Å². The maximum Gasteiger partial charge on any atom is 0.147 e. The van der Waals surface area contributed by atoms with E-state index < -0.39 is 0 Å². The van der Waals surface area contributed by atoms with Gasteiger partial charge < -0.3 is 0 Å². The number of hydrogen-bond acceptors (Lipinski definition) is 4. The van der Waals surface area contributed by atoms with Gasteiger partial charge in [-0.05, 0) is 44.9 Å². The first kappa shape index (κ1) is 15.7. The third-order valence-electron chi connectivity index (χ3n) is 4.61. The number of likely N-dealkylation sites (tertiary alicyclic amines) is 1. The topological polar surface area (TPSA) is 57.7 Å². The van der Waals surface area contributed by atoms with Crippen molar-refractivity contribution in [1.29, 1.82) is 5.26 Å². The summed E-state index contributed by atoms with van der Waals surface area (Å²) in [7, 11) is 0. The van der Waals surface area contributed by atoms with E-state index in [0.29, 0.717) is 6.04 Å². The molecule has 0 saturated carbocycles. The van der Waals surface area contributed by atoms with Crippen molar-refractivity contribution in [3.63, 3.8) is 0 Å². The molecule has 1 aliphatic heterocycles. The minimum Gasteiger partial charge on any atom is -0.294 e. The van der Waals surface area contributed by atoms with Crippen molar-refractivity contribution in [3.8, 4) is 6.07 Å². The fourth-order valence-electron chi connectivity index (χ4n) is 3.39. The van der Waals surface area contributed by atoms with Crippen molar-refractivity contribution >= 4 is 0 Å². The van der Waals surface area contributed by atoms with Crippen LogP contribution in [0.2, 0.25) is 0 Å². The van der Waals surface area contributed by atoms with E-state index in [2.05, 4.69) is 27.1 Å². The quantitative estimate of drug-likeness (QED) is 0.871. The van der Waals surface area contributed by atoms with E-state index in [1.807, 2.05) is 36.7 Å². The first-order valence-electron chi connectivity index (χ1n) is 8.27. The number of rotatable bonds is 4. The molecule has 0 aliphatic carbocycles. The van der Waals surface area contributed by atoms with Gasteiger partial charge in [-0.1, -0.05) is 24.6 Å². The summed E-state index contributed by atoms with van der Waals surface area (Å²) in [6.45, 7) is 6.74. The third kappa shape index (κ3) is 3.59. The van der Waals surface area contributed by atoms with Gasteiger partial charge in [0.1, 0.15) is 11.6 Å². The lowest BCUT2D eigenvalue weighted by Crippen LogP contribution is -2.42. The number of piperidine rings is 1. The summed E-state index contributed by atoms with van der Waals surface area (Å²) >= 11 is 0. The number of hydrogen-bond donors (Lipinski definition) is 0. The highest BCUT2D eigenvalue weighted by atomic mass is 15.4. The minimum absolute atomic E-state index is 0.454. The molecule has 5 nitrogen and oxygen atoms in total. The van der Waals surface area contributed by atoms with E-state index in [-0.39, 0.29) is 0 Å². The van der Waals surface area contributed by atoms with Gasteiger partial charge in [0, 0.05) is 12.6 Å². The lowest BCUT2D eigenvalue weighted by molar-refractivity contribution is 0.121. The second-order valence-corrected chi connectivity index (χ2v) is 6.28. The van der Waals surface area contributed by atoms with E-state index in [9.17, 15) is 5.26 Å². The van der Waals surface area contributed by atoms with Crippen LogP contribution < -0.4 is 0 Å². The molecule has 0 amide bonds. The van der Waals surface area contributed by atoms with Crippen LogP contribution in [0.15, 0.2) is 24.3 Å². The molecule has 23 heavy (non-hydrogen) atoms. The Kier molecular flexibility index (Phi) is 4.73. The van der Waals surface area contributed by atoms with Crippen LogP contribution in [0.25, 0.3) is 0 Å². The average Bonchev–Trinajstić information content (AvgIpc) is 2.87. The largest absolute Gasteiger partial charge is 0.294 e. The van der Waals surface area contributed by atoms with Gasteiger partial charge in [-0.25, -0.2) is 9.67 Å². The SMILES string of the molecule is Cc1nc(C)n(C[C@@H]2CCCCN2Cc2ccccc2C#N)n1. The first-order chi connectivity index (χ1) is 11.2. The second-order valence-electron chi connectivity index (χ2n) is 6.28. The van der Waals surface area contributed by atoms with Crippen LogP contribution in [-0.2, 0) is 13.1 Å². The lowest BCUT2D eigenvalue weighted by atomic mass is 10.00. The molecule has 5 heteroatoms. The summed E-state index contributed by atoms with van der Waals surface area (Å²) in [5, 5.41) is 13.8. The molecule has 3 rings (SSSR count). The smallest absolute Gasteiger partial charge is 0.147 e. The summed E-state index contributed by atoms with van der Waals surface area (Å²) < 4.78 is 2.02. The Balaban J connectivity index is 1.76. The van der Waals surface area contributed by atoms with Crippen LogP contribution in [0, 0.1) is 25.2 Å². The molecular weight excluding hydrogens is 286 g/mol. The molecule has 1 aromatic carbocycles. The Bertz CT molecular complexity index is 712. The first-order valence-corrected chi connectivity index (χ1v) is 8.27. The predicted octanol–water partition coefficient (Wildman–Crippen LogP) is 2.82. The molecule has 1 fully saturated rings. The lowest BCUT2D eigenvalue weighted by Gasteiger charge is -2.36. The predicted molar refractivity (Wildman–Crippen MR) is 88.7 cm³/mol. The summed E-state index contributed by atoms with van der Waals surface area (Å²) in [5.74, 6) is 1.81. The Morgan fingerprint density at radius 3 is 2.83 bits per heavy atom. The monoisotopic (exact) mass is 309 g/mol. The average molecular weight is 309 g/mol. The Labute approximate surface area is 137 Å². The maximum atomic E-state index is 9.30. The van der Waals surface area contributed by atoms with Gasteiger partial charge in [-0.2, -0.15) is 10.4 Å². The standard InChI is InChI=1S/C18H23N5/c1-14-20-15(2)23(21-14)13-18-9-5-6-10-22(18)12-17-8-4-3-7-16(17)11-19/h3-4,7-8,18H,5-6,9-10,12-13H2,1-2H3/t18-/m0/s1. The summed E-state index contributed by atoms with van der Waals surface area (Å²) in [6.07, 6.45) is 3.65. The van der Waals surface area contributed by atoms with Crippen LogP contribution >= 0.6 is 0 Å². The highest BCUT2D eigenvalue weighted by molar-refractivity contribution is 5.37. The molecule has 1 saturated heterocycles. The number of nitriles is 1. The molecule has 0 bridgehead atoms. The van der Waals surface area contributed by atoms with Gasteiger partial charge in [-0.3, -0.25) is 4.90 Å². The van der Waals surface area contributed by atoms with Gasteiger partial charge >= 0.3 is 0 Å². The number of aryl methyl sites for hydroxylation is 2. The third-order valence-corrected chi connectivity index (χ3v) is 4.61. The van der Waals surface area contributed by atoms with Crippen LogP contribution in [0.1, 0.15) is 42.0 Å². The van der Waals surface area contributed by atoms with Gasteiger partial charge in [0.2, 0.25) is 0 Å². The van der Waals surface area contributed by atoms with Crippen LogP contribution in [0.3, 0.4) is 0 Å². The summed E-state index contributed by atoms with van der Waals surface area (Å²) in [6, 6.07) is 10.7. The molecule has 1 aliphatic rings. The normalized spacial score (nSPS) is 18.7. The summed E-state index contributed by atoms with van der Waals surface area (Å²) in [5.41, 5.74) is 1.90. The van der Waals surface area contributed by atoms with Gasteiger partial charge in [0.15, 0.2) is 0 Å². The second kappa shape index (κ2) is 6.93. The van der Waals surface area contributed by atoms with Crippen LogP contribution in [-0.4, -0.2) is 32.3 Å². The highest BCUT2D eigenvalue weighted by Crippen LogP contribution is 2.22. The fourth-order valence-corrected chi connectivity index (χ4v) is 3.39. The maximum absolute atomic E-state index is 9.30. The zero-order valence-electron chi connectivity index (χ0n) is 13.9. The van der Waals surface area contributed by atoms with Gasteiger partial charge in [0.05, 0.1) is 18.2 Å². The summed E-state index contributed by atoms with van der Waals surface area (Å²) in [4.78, 5) is 6.90. The van der Waals surface area contributed by atoms with Crippen molar-refractivity contribution in [2.75, 3.05) is 6.54 Å². The van der Waals surface area contributed by atoms with E-state index in [1.165, 1.54) is 19.3 Å². The Hall–Kier alpha value is -2.19. The van der Waals surface area contributed by atoms with Crippen molar-refractivity contribution in [3.05, 3.63) is 47.0 Å². The number of nitrogens with zero attached hydrogens (tertiary/aromatic N) is 5. The molecule has 1 aromatic heterocycles. The van der Waals surface area contributed by atoms with Crippen molar-refractivity contribution in [2.45, 2.75) is 52.2 Å². The van der Waals surface area contributed by atoms with E-state index >= 15 is 0 Å². The van der Waals surface area contributed by atoms with E-state index in [1.54, 1.807) is 0 Å². The van der Waals surface area contributed by atoms with E-state index in [0.717, 1.165) is 42.4 Å². The molecule has 0 unspecified atom stereocenters. The molecule has 0 spiro atoms. The molecule has 2 aromatic rings. The van der Waals surface area contributed by atoms with Crippen LogP contribution in [0.5, 0.6) is 0 Å². The molecule has 120 valence electrons. The fraction of sp³-hybridized carbons (Fsp3) is 0.500. The van der Waals surface area contributed by atoms with Crippen molar-refractivity contribution in [2.24, 2.45) is 0 Å².